The van der Waals surface area contributed by atoms with Gasteiger partial charge in [-0.25, -0.2) is 13.4 Å². The third-order valence-electron chi connectivity index (χ3n) is 3.68. The second-order valence-electron chi connectivity index (χ2n) is 5.61. The van der Waals surface area contributed by atoms with Crippen LogP contribution in [-0.2, 0) is 21.2 Å². The first-order valence-corrected chi connectivity index (χ1v) is 10.7. The number of anilines is 2. The molecule has 9 heteroatoms. The van der Waals surface area contributed by atoms with Crippen molar-refractivity contribution in [3.63, 3.8) is 0 Å². The molecule has 0 aliphatic rings. The summed E-state index contributed by atoms with van der Waals surface area (Å²) >= 11 is 7.27. The number of hydrogen-bond acceptors (Lipinski definition) is 5. The molecule has 0 aliphatic carbocycles. The third-order valence-corrected chi connectivity index (χ3v) is 6.22. The number of rotatable bonds is 7. The van der Waals surface area contributed by atoms with Gasteiger partial charge in [-0.05, 0) is 42.3 Å². The largest absolute Gasteiger partial charge is 0.326 e. The Morgan fingerprint density at radius 3 is 2.52 bits per heavy atom. The second-order valence-corrected chi connectivity index (χ2v) is 8.59. The molecule has 0 atom stereocenters. The number of hydrogen-bond donors (Lipinski definition) is 2. The normalized spacial score (nSPS) is 11.1. The lowest BCUT2D eigenvalue weighted by Gasteiger charge is -2.08. The summed E-state index contributed by atoms with van der Waals surface area (Å²) in [5, 5.41) is 5.36. The van der Waals surface area contributed by atoms with Crippen molar-refractivity contribution in [1.29, 1.82) is 0 Å². The van der Waals surface area contributed by atoms with Crippen LogP contribution in [0.15, 0.2) is 65.0 Å². The minimum Gasteiger partial charge on any atom is -0.326 e. The minimum absolute atomic E-state index is 0.0896. The molecular weight excluding hydrogens is 406 g/mol. The molecule has 0 radical (unpaired) electrons. The van der Waals surface area contributed by atoms with E-state index >= 15 is 0 Å². The number of sulfonamides is 1. The molecule has 2 aromatic carbocycles. The zero-order chi connectivity index (χ0) is 19.3. The van der Waals surface area contributed by atoms with Gasteiger partial charge in [-0.2, -0.15) is 0 Å². The first-order valence-electron chi connectivity index (χ1n) is 8.00. The van der Waals surface area contributed by atoms with Crippen LogP contribution in [0, 0.1) is 0 Å². The van der Waals surface area contributed by atoms with Crippen LogP contribution in [-0.4, -0.2) is 19.3 Å². The van der Waals surface area contributed by atoms with E-state index in [4.69, 9.17) is 11.6 Å². The molecule has 1 heterocycles. The highest BCUT2D eigenvalue weighted by atomic mass is 35.5. The molecule has 0 fully saturated rings. The zero-order valence-electron chi connectivity index (χ0n) is 14.1. The molecule has 0 aliphatic heterocycles. The average molecular weight is 422 g/mol. The predicted molar refractivity (Wildman–Crippen MR) is 108 cm³/mol. The number of nitrogens with zero attached hydrogens (tertiary/aromatic N) is 1. The molecule has 1 aromatic heterocycles. The van der Waals surface area contributed by atoms with Gasteiger partial charge in [0.15, 0.2) is 5.13 Å². The van der Waals surface area contributed by atoms with Gasteiger partial charge in [0.25, 0.3) is 10.0 Å². The predicted octanol–water partition coefficient (Wildman–Crippen LogP) is 4.17. The van der Waals surface area contributed by atoms with Crippen LogP contribution < -0.4 is 10.0 Å². The Bertz CT molecular complexity index is 1020. The van der Waals surface area contributed by atoms with Crippen LogP contribution in [0.3, 0.4) is 0 Å². The Balaban J connectivity index is 1.58. The topological polar surface area (TPSA) is 88.2 Å². The van der Waals surface area contributed by atoms with E-state index < -0.39 is 10.0 Å². The molecule has 6 nitrogen and oxygen atoms in total. The number of benzene rings is 2. The van der Waals surface area contributed by atoms with Crippen molar-refractivity contribution in [3.8, 4) is 0 Å². The summed E-state index contributed by atoms with van der Waals surface area (Å²) in [5.41, 5.74) is 1.43. The molecule has 0 bridgehead atoms. The minimum atomic E-state index is -3.71. The van der Waals surface area contributed by atoms with E-state index in [1.54, 1.807) is 23.6 Å². The number of halogens is 1. The van der Waals surface area contributed by atoms with E-state index in [-0.39, 0.29) is 17.2 Å². The summed E-state index contributed by atoms with van der Waals surface area (Å²) in [6.07, 6.45) is 2.31. The Kier molecular flexibility index (Phi) is 6.10. The highest BCUT2D eigenvalue weighted by Crippen LogP contribution is 2.20. The lowest BCUT2D eigenvalue weighted by molar-refractivity contribution is -0.116. The monoisotopic (exact) mass is 421 g/mol. The van der Waals surface area contributed by atoms with Crippen molar-refractivity contribution in [2.24, 2.45) is 0 Å². The van der Waals surface area contributed by atoms with Gasteiger partial charge in [0.2, 0.25) is 5.91 Å². The summed E-state index contributed by atoms with van der Waals surface area (Å²) in [7, 11) is -3.71. The lowest BCUT2D eigenvalue weighted by atomic mass is 10.1. The summed E-state index contributed by atoms with van der Waals surface area (Å²) in [6.45, 7) is 0. The number of thiazole rings is 1. The van der Waals surface area contributed by atoms with E-state index in [0.717, 1.165) is 5.56 Å². The van der Waals surface area contributed by atoms with Crippen molar-refractivity contribution in [3.05, 3.63) is 70.7 Å². The van der Waals surface area contributed by atoms with E-state index in [1.807, 2.05) is 18.2 Å². The highest BCUT2D eigenvalue weighted by Gasteiger charge is 2.15. The Morgan fingerprint density at radius 1 is 1.11 bits per heavy atom. The van der Waals surface area contributed by atoms with E-state index in [0.29, 0.717) is 22.3 Å². The standard InChI is InChI=1S/C18H16ClN3O3S2/c19-16-4-2-1-3-13(16)5-10-17(23)21-14-6-8-15(9-7-14)27(24,25)22-18-20-11-12-26-18/h1-4,6-9,11-12H,5,10H2,(H,20,22)(H,21,23). The van der Waals surface area contributed by atoms with Crippen LogP contribution in [0.2, 0.25) is 5.02 Å². The SMILES string of the molecule is O=C(CCc1ccccc1Cl)Nc1ccc(S(=O)(=O)Nc2nccs2)cc1. The maximum atomic E-state index is 12.3. The van der Waals surface area contributed by atoms with Crippen LogP contribution in [0.5, 0.6) is 0 Å². The molecule has 3 rings (SSSR count). The Hall–Kier alpha value is -2.42. The number of amides is 1. The highest BCUT2D eigenvalue weighted by molar-refractivity contribution is 7.93. The van der Waals surface area contributed by atoms with Crippen molar-refractivity contribution < 1.29 is 13.2 Å². The lowest BCUT2D eigenvalue weighted by Crippen LogP contribution is -2.14. The molecule has 0 spiro atoms. The van der Waals surface area contributed by atoms with Crippen molar-refractivity contribution in [2.75, 3.05) is 10.0 Å². The first kappa shape index (κ1) is 19.3. The van der Waals surface area contributed by atoms with E-state index in [1.165, 1.54) is 29.7 Å². The van der Waals surface area contributed by atoms with Crippen molar-refractivity contribution in [2.45, 2.75) is 17.7 Å². The quantitative estimate of drug-likeness (QED) is 0.599. The van der Waals surface area contributed by atoms with E-state index in [2.05, 4.69) is 15.0 Å². The molecule has 0 unspecified atom stereocenters. The fourth-order valence-electron chi connectivity index (χ4n) is 2.34. The first-order chi connectivity index (χ1) is 12.9. The van der Waals surface area contributed by atoms with Gasteiger partial charge < -0.3 is 5.32 Å². The van der Waals surface area contributed by atoms with Gasteiger partial charge in [0, 0.05) is 28.7 Å². The van der Waals surface area contributed by atoms with Crippen LogP contribution in [0.25, 0.3) is 0 Å². The summed E-state index contributed by atoms with van der Waals surface area (Å²) in [6, 6.07) is 13.3. The molecule has 1 amide bonds. The molecule has 140 valence electrons. The van der Waals surface area contributed by atoms with Crippen molar-refractivity contribution in [1.82, 2.24) is 4.98 Å². The van der Waals surface area contributed by atoms with Gasteiger partial charge >= 0.3 is 0 Å². The number of aryl methyl sites for hydroxylation is 1. The average Bonchev–Trinajstić information content (AvgIpc) is 3.14. The van der Waals surface area contributed by atoms with Crippen LogP contribution in [0.4, 0.5) is 10.8 Å². The van der Waals surface area contributed by atoms with Crippen LogP contribution >= 0.6 is 22.9 Å². The number of aromatic nitrogens is 1. The maximum absolute atomic E-state index is 12.3. The fraction of sp³-hybridized carbons (Fsp3) is 0.111. The number of nitrogens with one attached hydrogen (secondary N) is 2. The smallest absolute Gasteiger partial charge is 0.263 e. The van der Waals surface area contributed by atoms with Gasteiger partial charge in [0.1, 0.15) is 0 Å². The number of carbonyl (C=O) groups is 1. The Labute approximate surface area is 166 Å². The van der Waals surface area contributed by atoms with Gasteiger partial charge in [-0.3, -0.25) is 9.52 Å². The molecule has 3 aromatic rings. The second kappa shape index (κ2) is 8.51. The molecule has 27 heavy (non-hydrogen) atoms. The fourth-order valence-corrected chi connectivity index (χ4v) is 4.36. The molecular formula is C18H16ClN3O3S2. The summed E-state index contributed by atoms with van der Waals surface area (Å²) < 4.78 is 27.0. The van der Waals surface area contributed by atoms with Crippen LogP contribution in [0.1, 0.15) is 12.0 Å². The maximum Gasteiger partial charge on any atom is 0.263 e. The summed E-state index contributed by atoms with van der Waals surface area (Å²) in [4.78, 5) is 16.1. The number of carbonyl (C=O) groups excluding carboxylic acids is 1. The molecule has 0 saturated heterocycles. The summed E-state index contributed by atoms with van der Waals surface area (Å²) in [5.74, 6) is -0.175. The van der Waals surface area contributed by atoms with Gasteiger partial charge in [-0.1, -0.05) is 29.8 Å². The van der Waals surface area contributed by atoms with Gasteiger partial charge in [-0.15, -0.1) is 11.3 Å². The van der Waals surface area contributed by atoms with E-state index in [9.17, 15) is 13.2 Å². The molecule has 0 saturated carbocycles. The van der Waals surface area contributed by atoms with Crippen molar-refractivity contribution >= 4 is 49.7 Å². The zero-order valence-corrected chi connectivity index (χ0v) is 16.4. The molecule has 2 N–H and O–H groups in total. The third kappa shape index (κ3) is 5.29. The van der Waals surface area contributed by atoms with Gasteiger partial charge in [0.05, 0.1) is 4.90 Å². The Morgan fingerprint density at radius 2 is 1.85 bits per heavy atom.